The number of benzene rings is 1. The fourth-order valence-electron chi connectivity index (χ4n) is 4.15. The lowest BCUT2D eigenvalue weighted by Crippen LogP contribution is -2.48. The topological polar surface area (TPSA) is 86.2 Å². The number of furan rings is 1. The molecule has 2 fully saturated rings. The average Bonchev–Trinajstić information content (AvgIpc) is 3.47. The highest BCUT2D eigenvalue weighted by atomic mass is 16.3. The average molecular weight is 365 g/mol. The van der Waals surface area contributed by atoms with E-state index in [-0.39, 0.29) is 18.0 Å². The molecule has 0 radical (unpaired) electrons. The predicted octanol–water partition coefficient (Wildman–Crippen LogP) is 2.47. The second kappa shape index (κ2) is 6.83. The third kappa shape index (κ3) is 3.13. The van der Waals surface area contributed by atoms with E-state index < -0.39 is 0 Å². The Morgan fingerprint density at radius 3 is 2.74 bits per heavy atom. The molecule has 2 aromatic heterocycles. The van der Waals surface area contributed by atoms with Crippen LogP contribution in [-0.2, 0) is 4.79 Å². The number of hydrogen-bond acceptors (Lipinski definition) is 5. The fraction of sp³-hybridized carbons (Fsp3) is 0.400. The van der Waals surface area contributed by atoms with Gasteiger partial charge in [0, 0.05) is 19.0 Å². The number of piperidine rings is 1. The Morgan fingerprint density at radius 2 is 1.96 bits per heavy atom. The third-order valence-corrected chi connectivity index (χ3v) is 5.69. The normalized spacial score (nSPS) is 23.9. The Morgan fingerprint density at radius 1 is 1.11 bits per heavy atom. The number of nitrogens with zero attached hydrogens (tertiary/aromatic N) is 2. The van der Waals surface area contributed by atoms with Crippen molar-refractivity contribution in [2.75, 3.05) is 13.1 Å². The van der Waals surface area contributed by atoms with E-state index in [1.165, 1.54) is 0 Å². The number of amides is 1. The first kappa shape index (κ1) is 16.5. The molecule has 2 aliphatic heterocycles. The first-order chi connectivity index (χ1) is 13.3. The minimum atomic E-state index is -0.206. The van der Waals surface area contributed by atoms with Gasteiger partial charge in [0.05, 0.1) is 23.3 Å². The molecule has 27 heavy (non-hydrogen) atoms. The summed E-state index contributed by atoms with van der Waals surface area (Å²) in [5, 5.41) is 0. The highest BCUT2D eigenvalue weighted by Gasteiger charge is 2.35. The molecule has 4 heterocycles. The van der Waals surface area contributed by atoms with Crippen LogP contribution in [0.1, 0.15) is 42.8 Å². The van der Waals surface area contributed by atoms with Crippen LogP contribution in [0.2, 0.25) is 0 Å². The molecule has 140 valence electrons. The van der Waals surface area contributed by atoms with E-state index in [9.17, 15) is 4.79 Å². The molecule has 2 unspecified atom stereocenters. The second-order valence-electron chi connectivity index (χ2n) is 7.38. The number of hydrazine groups is 1. The van der Waals surface area contributed by atoms with Crippen LogP contribution in [0.5, 0.6) is 0 Å². The van der Waals surface area contributed by atoms with Crippen molar-refractivity contribution in [3.05, 3.63) is 54.2 Å². The molecule has 2 atom stereocenters. The summed E-state index contributed by atoms with van der Waals surface area (Å²) in [6, 6.07) is 11.8. The Hall–Kier alpha value is -2.64. The Labute approximate surface area is 157 Å². The number of aromatic amines is 1. The van der Waals surface area contributed by atoms with Gasteiger partial charge in [-0.05, 0) is 43.5 Å². The molecule has 1 aromatic carbocycles. The van der Waals surface area contributed by atoms with Crippen LogP contribution in [0, 0.1) is 0 Å². The van der Waals surface area contributed by atoms with Crippen LogP contribution in [-0.4, -0.2) is 39.9 Å². The molecular weight excluding hydrogens is 342 g/mol. The van der Waals surface area contributed by atoms with Crippen molar-refractivity contribution < 1.29 is 9.21 Å². The molecule has 1 amide bonds. The van der Waals surface area contributed by atoms with Crippen molar-refractivity contribution >= 4 is 16.9 Å². The summed E-state index contributed by atoms with van der Waals surface area (Å²) in [7, 11) is 0. The van der Waals surface area contributed by atoms with E-state index in [0.29, 0.717) is 12.3 Å². The number of para-hydroxylation sites is 2. The zero-order chi connectivity index (χ0) is 18.2. The molecule has 3 aromatic rings. The highest BCUT2D eigenvalue weighted by molar-refractivity contribution is 5.82. The minimum Gasteiger partial charge on any atom is -0.468 e. The Balaban J connectivity index is 1.20. The number of carbonyl (C=O) groups is 1. The molecule has 7 nitrogen and oxygen atoms in total. The van der Waals surface area contributed by atoms with Crippen LogP contribution in [0.15, 0.2) is 47.1 Å². The maximum absolute atomic E-state index is 12.9. The van der Waals surface area contributed by atoms with Gasteiger partial charge in [-0.1, -0.05) is 12.1 Å². The van der Waals surface area contributed by atoms with E-state index in [4.69, 9.17) is 9.40 Å². The first-order valence-electron chi connectivity index (χ1n) is 9.56. The summed E-state index contributed by atoms with van der Waals surface area (Å²) >= 11 is 0. The third-order valence-electron chi connectivity index (χ3n) is 5.69. The highest BCUT2D eigenvalue weighted by Crippen LogP contribution is 2.29. The molecule has 3 N–H and O–H groups in total. The maximum atomic E-state index is 12.9. The van der Waals surface area contributed by atoms with Crippen LogP contribution in [0.3, 0.4) is 0 Å². The molecule has 5 rings (SSSR count). The van der Waals surface area contributed by atoms with Gasteiger partial charge in [-0.25, -0.2) is 15.8 Å². The van der Waals surface area contributed by atoms with Crippen molar-refractivity contribution in [1.82, 2.24) is 25.7 Å². The molecule has 0 saturated carbocycles. The van der Waals surface area contributed by atoms with Gasteiger partial charge in [0.25, 0.3) is 0 Å². The lowest BCUT2D eigenvalue weighted by molar-refractivity contribution is -0.134. The SMILES string of the molecule is O=C(C1CC(c2ccco2)NN1)N1CCC(c2nc3ccccc3[nH]2)CC1. The van der Waals surface area contributed by atoms with E-state index in [0.717, 1.165) is 48.5 Å². The van der Waals surface area contributed by atoms with E-state index in [1.54, 1.807) is 6.26 Å². The number of imidazole rings is 1. The van der Waals surface area contributed by atoms with Crippen molar-refractivity contribution in [2.24, 2.45) is 0 Å². The number of hydrogen-bond donors (Lipinski definition) is 3. The van der Waals surface area contributed by atoms with Crippen molar-refractivity contribution in [1.29, 1.82) is 0 Å². The van der Waals surface area contributed by atoms with Gasteiger partial charge < -0.3 is 14.3 Å². The molecule has 7 heteroatoms. The lowest BCUT2D eigenvalue weighted by Gasteiger charge is -2.32. The summed E-state index contributed by atoms with van der Waals surface area (Å²) in [5.74, 6) is 2.45. The number of nitrogens with one attached hydrogen (secondary N) is 3. The minimum absolute atomic E-state index is 0.0436. The zero-order valence-corrected chi connectivity index (χ0v) is 15.0. The first-order valence-corrected chi connectivity index (χ1v) is 9.56. The molecule has 2 aliphatic rings. The van der Waals surface area contributed by atoms with Crippen molar-refractivity contribution in [2.45, 2.75) is 37.3 Å². The number of carbonyl (C=O) groups excluding carboxylic acids is 1. The van der Waals surface area contributed by atoms with Crippen LogP contribution < -0.4 is 10.9 Å². The molecular formula is C20H23N5O2. The molecule has 0 spiro atoms. The molecule has 0 bridgehead atoms. The van der Waals surface area contributed by atoms with Crippen LogP contribution in [0.4, 0.5) is 0 Å². The van der Waals surface area contributed by atoms with Gasteiger partial charge >= 0.3 is 0 Å². The van der Waals surface area contributed by atoms with Gasteiger partial charge in [-0.3, -0.25) is 4.79 Å². The second-order valence-corrected chi connectivity index (χ2v) is 7.38. The van der Waals surface area contributed by atoms with E-state index in [2.05, 4.69) is 21.9 Å². The standard InChI is InChI=1S/C20H23N5O2/c26-20(17-12-16(23-24-17)18-6-3-11-27-18)25-9-7-13(8-10-25)19-21-14-4-1-2-5-15(14)22-19/h1-6,11,13,16-17,23-24H,7-10,12H2,(H,21,22). The monoisotopic (exact) mass is 365 g/mol. The number of likely N-dealkylation sites (tertiary alicyclic amines) is 1. The molecule has 0 aliphatic carbocycles. The van der Waals surface area contributed by atoms with E-state index >= 15 is 0 Å². The Bertz CT molecular complexity index is 894. The van der Waals surface area contributed by atoms with Crippen molar-refractivity contribution in [3.8, 4) is 0 Å². The summed E-state index contributed by atoms with van der Waals surface area (Å²) in [6.45, 7) is 1.54. The lowest BCUT2D eigenvalue weighted by atomic mass is 9.95. The summed E-state index contributed by atoms with van der Waals surface area (Å²) in [6.07, 6.45) is 4.24. The number of rotatable bonds is 3. The van der Waals surface area contributed by atoms with Crippen LogP contribution >= 0.6 is 0 Å². The maximum Gasteiger partial charge on any atom is 0.241 e. The fourth-order valence-corrected chi connectivity index (χ4v) is 4.15. The van der Waals surface area contributed by atoms with Gasteiger partial charge in [-0.15, -0.1) is 0 Å². The largest absolute Gasteiger partial charge is 0.468 e. The van der Waals surface area contributed by atoms with Gasteiger partial charge in [0.1, 0.15) is 17.6 Å². The smallest absolute Gasteiger partial charge is 0.241 e. The van der Waals surface area contributed by atoms with Gasteiger partial charge in [0.2, 0.25) is 5.91 Å². The number of aromatic nitrogens is 2. The number of H-pyrrole nitrogens is 1. The van der Waals surface area contributed by atoms with Gasteiger partial charge in [-0.2, -0.15) is 0 Å². The zero-order valence-electron chi connectivity index (χ0n) is 15.0. The Kier molecular flexibility index (Phi) is 4.18. The van der Waals surface area contributed by atoms with Crippen molar-refractivity contribution in [3.63, 3.8) is 0 Å². The van der Waals surface area contributed by atoms with Gasteiger partial charge in [0.15, 0.2) is 0 Å². The van der Waals surface area contributed by atoms with E-state index in [1.807, 2.05) is 35.2 Å². The molecule has 2 saturated heterocycles. The summed E-state index contributed by atoms with van der Waals surface area (Å²) in [5.41, 5.74) is 8.40. The quantitative estimate of drug-likeness (QED) is 0.664. The van der Waals surface area contributed by atoms with Crippen LogP contribution in [0.25, 0.3) is 11.0 Å². The number of fused-ring (bicyclic) bond motifs is 1. The summed E-state index contributed by atoms with van der Waals surface area (Å²) < 4.78 is 5.44. The summed E-state index contributed by atoms with van der Waals surface area (Å²) in [4.78, 5) is 23.0. The predicted molar refractivity (Wildman–Crippen MR) is 101 cm³/mol.